The van der Waals surface area contributed by atoms with Crippen molar-refractivity contribution in [2.45, 2.75) is 18.4 Å². The molecule has 0 aliphatic carbocycles. The molecule has 0 unspecified atom stereocenters. The van der Waals surface area contributed by atoms with Crippen LogP contribution in [0.15, 0.2) is 45.1 Å². The monoisotopic (exact) mass is 472 g/mol. The minimum Gasteiger partial charge on any atom is -0.462 e. The molecule has 3 rings (SSSR count). The first-order valence-corrected chi connectivity index (χ1v) is 11.7. The topological polar surface area (TPSA) is 66.9 Å². The van der Waals surface area contributed by atoms with Crippen LogP contribution < -0.4 is 0 Å². The Labute approximate surface area is 171 Å². The zero-order valence-corrected chi connectivity index (χ0v) is 18.1. The summed E-state index contributed by atoms with van der Waals surface area (Å²) < 4.78 is 32.8. The first-order chi connectivity index (χ1) is 12.9. The van der Waals surface area contributed by atoms with E-state index in [0.29, 0.717) is 36.2 Å². The lowest BCUT2D eigenvalue weighted by Gasteiger charge is -2.33. The van der Waals surface area contributed by atoms with Crippen molar-refractivity contribution in [2.24, 2.45) is 0 Å². The Morgan fingerprint density at radius 3 is 2.56 bits per heavy atom. The second kappa shape index (κ2) is 8.83. The number of carbonyl (C=O) groups is 1. The van der Waals surface area contributed by atoms with Crippen LogP contribution >= 0.6 is 27.3 Å². The normalized spacial score (nSPS) is 16.4. The van der Waals surface area contributed by atoms with Crippen molar-refractivity contribution in [3.05, 3.63) is 50.6 Å². The molecule has 0 radical (unpaired) electrons. The molecule has 27 heavy (non-hydrogen) atoms. The van der Waals surface area contributed by atoms with Crippen LogP contribution in [-0.4, -0.2) is 56.4 Å². The number of rotatable bonds is 6. The van der Waals surface area contributed by atoms with E-state index < -0.39 is 16.0 Å². The van der Waals surface area contributed by atoms with E-state index in [9.17, 15) is 13.2 Å². The summed E-state index contributed by atoms with van der Waals surface area (Å²) in [6.07, 6.45) is 0. The average Bonchev–Trinajstić information content (AvgIpc) is 3.15. The van der Waals surface area contributed by atoms with Crippen LogP contribution in [0, 0.1) is 0 Å². The van der Waals surface area contributed by atoms with Gasteiger partial charge in [0.1, 0.15) is 0 Å². The second-order valence-corrected chi connectivity index (χ2v) is 9.92. The van der Waals surface area contributed by atoms with Gasteiger partial charge < -0.3 is 4.74 Å². The van der Waals surface area contributed by atoms with Gasteiger partial charge >= 0.3 is 5.97 Å². The summed E-state index contributed by atoms with van der Waals surface area (Å²) in [6, 6.07) is 8.57. The number of ether oxygens (including phenoxy) is 1. The van der Waals surface area contributed by atoms with Crippen LogP contribution in [-0.2, 0) is 21.3 Å². The Balaban J connectivity index is 1.69. The maximum atomic E-state index is 13.0. The summed E-state index contributed by atoms with van der Waals surface area (Å²) in [6.45, 7) is 5.12. The fourth-order valence-corrected chi connectivity index (χ4v) is 6.15. The van der Waals surface area contributed by atoms with Crippen LogP contribution in [0.1, 0.15) is 22.2 Å². The smallest absolute Gasteiger partial charge is 0.338 e. The number of thiophene rings is 1. The molecule has 1 aromatic heterocycles. The molecule has 0 spiro atoms. The van der Waals surface area contributed by atoms with Crippen molar-refractivity contribution >= 4 is 43.3 Å². The molecule has 0 amide bonds. The molecule has 1 aliphatic rings. The first-order valence-electron chi connectivity index (χ1n) is 8.63. The van der Waals surface area contributed by atoms with Crippen molar-refractivity contribution in [1.82, 2.24) is 9.21 Å². The number of hydrogen-bond donors (Lipinski definition) is 0. The molecule has 0 saturated carbocycles. The Morgan fingerprint density at radius 1 is 1.22 bits per heavy atom. The predicted octanol–water partition coefficient (Wildman–Crippen LogP) is 3.19. The molecule has 0 atom stereocenters. The van der Waals surface area contributed by atoms with Crippen LogP contribution in [0.5, 0.6) is 0 Å². The van der Waals surface area contributed by atoms with Gasteiger partial charge in [-0.2, -0.15) is 4.31 Å². The lowest BCUT2D eigenvalue weighted by molar-refractivity contribution is 0.0526. The standard InChI is InChI=1S/C18H21BrN2O4S2/c1-2-25-18(22)14-5-6-17(16(19)12-14)27(23,24)21-9-7-20(8-10-21)13-15-4-3-11-26-15/h3-6,11-12H,2,7-10,13H2,1H3. The van der Waals surface area contributed by atoms with E-state index >= 15 is 0 Å². The third-order valence-corrected chi connectivity index (χ3v) is 8.09. The van der Waals surface area contributed by atoms with E-state index in [-0.39, 0.29) is 11.5 Å². The second-order valence-electron chi connectivity index (χ2n) is 6.13. The van der Waals surface area contributed by atoms with Crippen molar-refractivity contribution in [3.8, 4) is 0 Å². The fraction of sp³-hybridized carbons (Fsp3) is 0.389. The van der Waals surface area contributed by atoms with Crippen LogP contribution in [0.4, 0.5) is 0 Å². The van der Waals surface area contributed by atoms with Crippen LogP contribution in [0.3, 0.4) is 0 Å². The largest absolute Gasteiger partial charge is 0.462 e. The minimum absolute atomic E-state index is 0.169. The van der Waals surface area contributed by atoms with Gasteiger partial charge in [-0.25, -0.2) is 13.2 Å². The van der Waals surface area contributed by atoms with Crippen LogP contribution in [0.25, 0.3) is 0 Å². The molecule has 1 aromatic carbocycles. The summed E-state index contributed by atoms with van der Waals surface area (Å²) in [5, 5.41) is 2.05. The van der Waals surface area contributed by atoms with Gasteiger partial charge in [0.25, 0.3) is 0 Å². The third-order valence-electron chi connectivity index (χ3n) is 4.35. The van der Waals surface area contributed by atoms with Crippen molar-refractivity contribution in [2.75, 3.05) is 32.8 Å². The molecule has 1 saturated heterocycles. The zero-order chi connectivity index (χ0) is 19.4. The summed E-state index contributed by atoms with van der Waals surface area (Å²) >= 11 is 5.01. The van der Waals surface area contributed by atoms with Gasteiger partial charge in [-0.3, -0.25) is 4.90 Å². The number of benzene rings is 1. The SMILES string of the molecule is CCOC(=O)c1ccc(S(=O)(=O)N2CCN(Cc3cccs3)CC2)c(Br)c1. The fourth-order valence-electron chi connectivity index (χ4n) is 2.94. The average molecular weight is 473 g/mol. The molecular weight excluding hydrogens is 452 g/mol. The summed E-state index contributed by atoms with van der Waals surface area (Å²) in [7, 11) is -3.62. The number of hydrogen-bond acceptors (Lipinski definition) is 6. The van der Waals surface area contributed by atoms with E-state index in [0.717, 1.165) is 6.54 Å². The maximum Gasteiger partial charge on any atom is 0.338 e. The molecule has 146 valence electrons. The van der Waals surface area contributed by atoms with E-state index in [1.54, 1.807) is 18.3 Å². The number of esters is 1. The van der Waals surface area contributed by atoms with Gasteiger partial charge in [-0.15, -0.1) is 11.3 Å². The Bertz CT molecular complexity index is 892. The molecule has 2 heterocycles. The molecule has 9 heteroatoms. The molecular formula is C18H21BrN2O4S2. The maximum absolute atomic E-state index is 13.0. The first kappa shape index (κ1) is 20.5. The number of nitrogens with zero attached hydrogens (tertiary/aromatic N) is 2. The highest BCUT2D eigenvalue weighted by Gasteiger charge is 2.30. The minimum atomic E-state index is -3.62. The summed E-state index contributed by atoms with van der Waals surface area (Å²) in [5.74, 6) is -0.468. The lowest BCUT2D eigenvalue weighted by Crippen LogP contribution is -2.48. The quantitative estimate of drug-likeness (QED) is 0.603. The highest BCUT2D eigenvalue weighted by Crippen LogP contribution is 2.27. The number of sulfonamides is 1. The third kappa shape index (κ3) is 4.78. The van der Waals surface area contributed by atoms with Gasteiger partial charge in [0.05, 0.1) is 17.1 Å². The van der Waals surface area contributed by atoms with E-state index in [4.69, 9.17) is 4.74 Å². The lowest BCUT2D eigenvalue weighted by atomic mass is 10.2. The highest BCUT2D eigenvalue weighted by molar-refractivity contribution is 9.10. The van der Waals surface area contributed by atoms with E-state index in [1.165, 1.54) is 27.4 Å². The van der Waals surface area contributed by atoms with Crippen molar-refractivity contribution < 1.29 is 17.9 Å². The number of halogens is 1. The van der Waals surface area contributed by atoms with Gasteiger partial charge in [0.15, 0.2) is 0 Å². The van der Waals surface area contributed by atoms with Crippen molar-refractivity contribution in [1.29, 1.82) is 0 Å². The van der Waals surface area contributed by atoms with Crippen molar-refractivity contribution in [3.63, 3.8) is 0 Å². The van der Waals surface area contributed by atoms with Crippen LogP contribution in [0.2, 0.25) is 0 Å². The molecule has 6 nitrogen and oxygen atoms in total. The molecule has 1 fully saturated rings. The molecule has 1 aliphatic heterocycles. The molecule has 0 N–H and O–H groups in total. The van der Waals surface area contributed by atoms with E-state index in [1.807, 2.05) is 11.4 Å². The summed E-state index contributed by atoms with van der Waals surface area (Å²) in [5.41, 5.74) is 0.323. The Morgan fingerprint density at radius 2 is 1.96 bits per heavy atom. The summed E-state index contributed by atoms with van der Waals surface area (Å²) in [4.78, 5) is 15.5. The Kier molecular flexibility index (Phi) is 6.69. The zero-order valence-electron chi connectivity index (χ0n) is 14.9. The molecule has 0 bridgehead atoms. The van der Waals surface area contributed by atoms with Gasteiger partial charge in [0.2, 0.25) is 10.0 Å². The number of carbonyl (C=O) groups excluding carboxylic acids is 1. The van der Waals surface area contributed by atoms with Gasteiger partial charge in [-0.05, 0) is 52.5 Å². The highest BCUT2D eigenvalue weighted by atomic mass is 79.9. The number of piperazine rings is 1. The van der Waals surface area contributed by atoms with Gasteiger partial charge in [-0.1, -0.05) is 6.07 Å². The Hall–Kier alpha value is -1.26. The molecule has 2 aromatic rings. The predicted molar refractivity (Wildman–Crippen MR) is 108 cm³/mol. The van der Waals surface area contributed by atoms with Gasteiger partial charge in [0, 0.05) is 42.1 Å². The van der Waals surface area contributed by atoms with E-state index in [2.05, 4.69) is 26.9 Å².